The standard InChI is InChI=1S/C17H19NO5S/c1-12-5-3-7-14(9-12)16(17(19)20)18-24(21,22)11-13-6-4-8-15(10-13)23-2/h3-10,16,18H,11H2,1-2H3,(H,19,20). The van der Waals surface area contributed by atoms with Gasteiger partial charge in [0.05, 0.1) is 12.9 Å². The molecule has 0 aromatic heterocycles. The Kier molecular flexibility index (Phi) is 5.58. The van der Waals surface area contributed by atoms with E-state index < -0.39 is 22.0 Å². The van der Waals surface area contributed by atoms with Crippen LogP contribution in [0.3, 0.4) is 0 Å². The number of carboxylic acids is 1. The third kappa shape index (κ3) is 4.81. The summed E-state index contributed by atoms with van der Waals surface area (Å²) in [6.45, 7) is 1.81. The zero-order valence-electron chi connectivity index (χ0n) is 13.4. The van der Waals surface area contributed by atoms with Crippen molar-refractivity contribution in [2.45, 2.75) is 18.7 Å². The first-order valence-electron chi connectivity index (χ1n) is 7.23. The maximum atomic E-state index is 12.4. The van der Waals surface area contributed by atoms with Gasteiger partial charge in [-0.25, -0.2) is 8.42 Å². The van der Waals surface area contributed by atoms with E-state index in [1.807, 2.05) is 13.0 Å². The average Bonchev–Trinajstić information content (AvgIpc) is 2.52. The van der Waals surface area contributed by atoms with Crippen LogP contribution in [0.5, 0.6) is 5.75 Å². The Hall–Kier alpha value is -2.38. The van der Waals surface area contributed by atoms with Gasteiger partial charge in [0.25, 0.3) is 0 Å². The summed E-state index contributed by atoms with van der Waals surface area (Å²) in [5.41, 5.74) is 1.75. The number of methoxy groups -OCH3 is 1. The molecule has 128 valence electrons. The number of carbonyl (C=O) groups is 1. The first-order valence-corrected chi connectivity index (χ1v) is 8.88. The molecule has 0 amide bonds. The maximum Gasteiger partial charge on any atom is 0.326 e. The van der Waals surface area contributed by atoms with Gasteiger partial charge in [-0.15, -0.1) is 0 Å². The lowest BCUT2D eigenvalue weighted by Crippen LogP contribution is -2.34. The molecule has 1 unspecified atom stereocenters. The zero-order chi connectivity index (χ0) is 17.7. The van der Waals surface area contributed by atoms with Crippen molar-refractivity contribution in [3.63, 3.8) is 0 Å². The van der Waals surface area contributed by atoms with Crippen LogP contribution in [0.2, 0.25) is 0 Å². The molecule has 2 N–H and O–H groups in total. The molecule has 2 aromatic rings. The largest absolute Gasteiger partial charge is 0.497 e. The SMILES string of the molecule is COc1cccc(CS(=O)(=O)NC(C(=O)O)c2cccc(C)c2)c1. The number of aliphatic carboxylic acids is 1. The van der Waals surface area contributed by atoms with E-state index in [0.29, 0.717) is 16.9 Å². The highest BCUT2D eigenvalue weighted by molar-refractivity contribution is 7.88. The molecule has 0 aliphatic rings. The van der Waals surface area contributed by atoms with Gasteiger partial charge >= 0.3 is 5.97 Å². The number of hydrogen-bond acceptors (Lipinski definition) is 4. The van der Waals surface area contributed by atoms with Crippen LogP contribution in [0.25, 0.3) is 0 Å². The molecular formula is C17H19NO5S. The number of rotatable bonds is 7. The predicted octanol–water partition coefficient (Wildman–Crippen LogP) is 2.25. The quantitative estimate of drug-likeness (QED) is 0.800. The Labute approximate surface area is 141 Å². The van der Waals surface area contributed by atoms with Crippen LogP contribution < -0.4 is 9.46 Å². The molecule has 0 aliphatic heterocycles. The summed E-state index contributed by atoms with van der Waals surface area (Å²) >= 11 is 0. The predicted molar refractivity (Wildman–Crippen MR) is 90.3 cm³/mol. The summed E-state index contributed by atoms with van der Waals surface area (Å²) in [7, 11) is -2.36. The number of nitrogens with one attached hydrogen (secondary N) is 1. The van der Waals surface area contributed by atoms with Crippen molar-refractivity contribution in [1.29, 1.82) is 0 Å². The highest BCUT2D eigenvalue weighted by Crippen LogP contribution is 2.19. The molecule has 0 spiro atoms. The third-order valence-corrected chi connectivity index (χ3v) is 4.72. The Morgan fingerprint density at radius 2 is 1.92 bits per heavy atom. The fraction of sp³-hybridized carbons (Fsp3) is 0.235. The van der Waals surface area contributed by atoms with Gasteiger partial charge in [-0.05, 0) is 30.2 Å². The van der Waals surface area contributed by atoms with Crippen LogP contribution in [-0.2, 0) is 20.6 Å². The Bertz CT molecular complexity index is 832. The second-order valence-corrected chi connectivity index (χ2v) is 7.17. The van der Waals surface area contributed by atoms with Crippen molar-refractivity contribution < 1.29 is 23.1 Å². The summed E-state index contributed by atoms with van der Waals surface area (Å²) < 4.78 is 32.0. The van der Waals surface area contributed by atoms with Crippen LogP contribution >= 0.6 is 0 Å². The summed E-state index contributed by atoms with van der Waals surface area (Å²) in [6, 6.07) is 12.0. The fourth-order valence-corrected chi connectivity index (χ4v) is 3.61. The van der Waals surface area contributed by atoms with Crippen molar-refractivity contribution in [3.8, 4) is 5.75 Å². The number of ether oxygens (including phenoxy) is 1. The van der Waals surface area contributed by atoms with Crippen molar-refractivity contribution in [3.05, 3.63) is 65.2 Å². The van der Waals surface area contributed by atoms with Gasteiger partial charge in [-0.1, -0.05) is 42.0 Å². The average molecular weight is 349 g/mol. The highest BCUT2D eigenvalue weighted by Gasteiger charge is 2.26. The van der Waals surface area contributed by atoms with Gasteiger partial charge in [0.15, 0.2) is 0 Å². The van der Waals surface area contributed by atoms with Crippen LogP contribution in [0.15, 0.2) is 48.5 Å². The van der Waals surface area contributed by atoms with Crippen molar-refractivity contribution in [2.24, 2.45) is 0 Å². The molecule has 1 atom stereocenters. The van der Waals surface area contributed by atoms with Crippen LogP contribution in [-0.4, -0.2) is 26.6 Å². The molecule has 2 aromatic carbocycles. The number of aryl methyl sites for hydroxylation is 1. The van der Waals surface area contributed by atoms with Gasteiger partial charge in [-0.3, -0.25) is 4.79 Å². The molecule has 0 radical (unpaired) electrons. The Balaban J connectivity index is 2.23. The lowest BCUT2D eigenvalue weighted by atomic mass is 10.1. The molecule has 0 heterocycles. The lowest BCUT2D eigenvalue weighted by Gasteiger charge is -2.16. The molecular weight excluding hydrogens is 330 g/mol. The first kappa shape index (κ1) is 18.0. The topological polar surface area (TPSA) is 92.7 Å². The fourth-order valence-electron chi connectivity index (χ4n) is 2.31. The van der Waals surface area contributed by atoms with Gasteiger partial charge in [0, 0.05) is 0 Å². The number of hydrogen-bond donors (Lipinski definition) is 2. The maximum absolute atomic E-state index is 12.4. The van der Waals surface area contributed by atoms with E-state index >= 15 is 0 Å². The van der Waals surface area contributed by atoms with Gasteiger partial charge in [0.2, 0.25) is 10.0 Å². The molecule has 0 bridgehead atoms. The van der Waals surface area contributed by atoms with Crippen LogP contribution in [0, 0.1) is 6.92 Å². The normalized spacial score (nSPS) is 12.6. The van der Waals surface area contributed by atoms with Gasteiger partial charge < -0.3 is 9.84 Å². The zero-order valence-corrected chi connectivity index (χ0v) is 14.2. The number of carboxylic acid groups (broad SMARTS) is 1. The minimum absolute atomic E-state index is 0.334. The molecule has 24 heavy (non-hydrogen) atoms. The van der Waals surface area contributed by atoms with Gasteiger partial charge in [-0.2, -0.15) is 4.72 Å². The smallest absolute Gasteiger partial charge is 0.326 e. The minimum atomic E-state index is -3.85. The number of sulfonamides is 1. The minimum Gasteiger partial charge on any atom is -0.497 e. The Morgan fingerprint density at radius 1 is 1.21 bits per heavy atom. The summed E-state index contributed by atoms with van der Waals surface area (Å²) in [4.78, 5) is 11.5. The van der Waals surface area contributed by atoms with E-state index in [9.17, 15) is 18.3 Å². The lowest BCUT2D eigenvalue weighted by molar-refractivity contribution is -0.139. The third-order valence-electron chi connectivity index (χ3n) is 3.41. The second kappa shape index (κ2) is 7.46. The first-order chi connectivity index (χ1) is 11.3. The van der Waals surface area contributed by atoms with Crippen molar-refractivity contribution in [2.75, 3.05) is 7.11 Å². The molecule has 7 heteroatoms. The van der Waals surface area contributed by atoms with Crippen LogP contribution in [0.4, 0.5) is 0 Å². The van der Waals surface area contributed by atoms with Crippen molar-refractivity contribution >= 4 is 16.0 Å². The van der Waals surface area contributed by atoms with E-state index in [4.69, 9.17) is 4.74 Å². The van der Waals surface area contributed by atoms with Gasteiger partial charge in [0.1, 0.15) is 11.8 Å². The molecule has 0 fully saturated rings. The van der Waals surface area contributed by atoms with Crippen molar-refractivity contribution in [1.82, 2.24) is 4.72 Å². The molecule has 0 aliphatic carbocycles. The molecule has 0 saturated heterocycles. The van der Waals surface area contributed by atoms with E-state index in [0.717, 1.165) is 5.56 Å². The molecule has 6 nitrogen and oxygen atoms in total. The highest BCUT2D eigenvalue weighted by atomic mass is 32.2. The molecule has 0 saturated carbocycles. The summed E-state index contributed by atoms with van der Waals surface area (Å²) in [5.74, 6) is -1.05. The summed E-state index contributed by atoms with van der Waals surface area (Å²) in [6.07, 6.45) is 0. The number of benzene rings is 2. The second-order valence-electron chi connectivity index (χ2n) is 5.41. The summed E-state index contributed by atoms with van der Waals surface area (Å²) in [5, 5.41) is 9.38. The van der Waals surface area contributed by atoms with E-state index in [1.165, 1.54) is 7.11 Å². The van der Waals surface area contributed by atoms with E-state index in [1.54, 1.807) is 42.5 Å². The van der Waals surface area contributed by atoms with E-state index in [-0.39, 0.29) is 5.75 Å². The Morgan fingerprint density at radius 3 is 2.54 bits per heavy atom. The monoisotopic (exact) mass is 349 g/mol. The van der Waals surface area contributed by atoms with Crippen LogP contribution in [0.1, 0.15) is 22.7 Å². The van der Waals surface area contributed by atoms with E-state index in [2.05, 4.69) is 4.72 Å². The molecule has 2 rings (SSSR count).